The second-order valence-electron chi connectivity index (χ2n) is 4.87. The molecule has 1 aromatic carbocycles. The van der Waals surface area contributed by atoms with Gasteiger partial charge in [-0.3, -0.25) is 4.79 Å². The third-order valence-electron chi connectivity index (χ3n) is 3.42. The molecule has 0 atom stereocenters. The molecule has 1 fully saturated rings. The Labute approximate surface area is 100 Å². The van der Waals surface area contributed by atoms with E-state index in [2.05, 4.69) is 0 Å². The Morgan fingerprint density at radius 1 is 1.29 bits per heavy atom. The molecular formula is C14H14O3. The highest BCUT2D eigenvalue weighted by molar-refractivity contribution is 5.99. The molecule has 0 radical (unpaired) electrons. The Morgan fingerprint density at radius 2 is 2.06 bits per heavy atom. The molecule has 1 aliphatic carbocycles. The monoisotopic (exact) mass is 230 g/mol. The predicted octanol–water partition coefficient (Wildman–Crippen LogP) is 2.80. The molecule has 88 valence electrons. The second-order valence-corrected chi connectivity index (χ2v) is 4.87. The molecule has 1 aromatic rings. The first-order chi connectivity index (χ1) is 8.17. The largest absolute Gasteiger partial charge is 0.454 e. The fraction of sp³-hybridized carbons (Fsp3) is 0.357. The molecule has 0 spiro atoms. The molecule has 3 rings (SSSR count). The van der Waals surface area contributed by atoms with Crippen LogP contribution in [0.25, 0.3) is 6.08 Å². The van der Waals surface area contributed by atoms with Gasteiger partial charge in [0.2, 0.25) is 6.79 Å². The number of carbonyl (C=O) groups excluding carboxylic acids is 1. The lowest BCUT2D eigenvalue weighted by Gasteiger charge is -2.01. The number of rotatable bonds is 3. The molecule has 0 saturated heterocycles. The van der Waals surface area contributed by atoms with Gasteiger partial charge in [-0.1, -0.05) is 19.1 Å². The molecule has 3 heteroatoms. The fourth-order valence-corrected chi connectivity index (χ4v) is 1.82. The molecule has 1 saturated carbocycles. The van der Waals surface area contributed by atoms with Crippen LogP contribution in [0.3, 0.4) is 0 Å². The Kier molecular flexibility index (Phi) is 2.21. The Balaban J connectivity index is 1.77. The van der Waals surface area contributed by atoms with Crippen LogP contribution in [0.5, 0.6) is 11.5 Å². The van der Waals surface area contributed by atoms with Gasteiger partial charge in [0.1, 0.15) is 0 Å². The summed E-state index contributed by atoms with van der Waals surface area (Å²) >= 11 is 0. The minimum absolute atomic E-state index is 0.0904. The number of carbonyl (C=O) groups is 1. The van der Waals surface area contributed by atoms with Gasteiger partial charge in [-0.2, -0.15) is 0 Å². The van der Waals surface area contributed by atoms with E-state index in [1.807, 2.05) is 31.2 Å². The molecular weight excluding hydrogens is 216 g/mol. The first kappa shape index (κ1) is 10.4. The number of allylic oxidation sites excluding steroid dienone is 1. The highest BCUT2D eigenvalue weighted by Crippen LogP contribution is 2.46. The first-order valence-corrected chi connectivity index (χ1v) is 5.80. The van der Waals surface area contributed by atoms with Crippen LogP contribution in [0, 0.1) is 5.41 Å². The van der Waals surface area contributed by atoms with Gasteiger partial charge in [0.05, 0.1) is 0 Å². The number of ketones is 1. The van der Waals surface area contributed by atoms with Crippen LogP contribution in [0.4, 0.5) is 0 Å². The van der Waals surface area contributed by atoms with Crippen molar-refractivity contribution in [3.05, 3.63) is 29.8 Å². The zero-order valence-electron chi connectivity index (χ0n) is 9.73. The van der Waals surface area contributed by atoms with Crippen LogP contribution in [0.2, 0.25) is 0 Å². The van der Waals surface area contributed by atoms with Crippen LogP contribution < -0.4 is 9.47 Å². The van der Waals surface area contributed by atoms with Crippen molar-refractivity contribution in [2.45, 2.75) is 19.8 Å². The maximum absolute atomic E-state index is 11.8. The lowest BCUT2D eigenvalue weighted by Crippen LogP contribution is -2.07. The SMILES string of the molecule is CC1(C(=O)C=Cc2ccc3c(c2)OCO3)CC1. The average Bonchev–Trinajstić information content (AvgIpc) is 2.93. The number of hydrogen-bond donors (Lipinski definition) is 0. The Hall–Kier alpha value is -1.77. The van der Waals surface area contributed by atoms with E-state index in [0.29, 0.717) is 0 Å². The van der Waals surface area contributed by atoms with Gasteiger partial charge in [-0.25, -0.2) is 0 Å². The highest BCUT2D eigenvalue weighted by atomic mass is 16.7. The molecule has 1 heterocycles. The predicted molar refractivity (Wildman–Crippen MR) is 63.9 cm³/mol. The van der Waals surface area contributed by atoms with Gasteiger partial charge in [0.25, 0.3) is 0 Å². The molecule has 3 nitrogen and oxygen atoms in total. The average molecular weight is 230 g/mol. The van der Waals surface area contributed by atoms with Gasteiger partial charge < -0.3 is 9.47 Å². The standard InChI is InChI=1S/C14H14O3/c1-14(6-7-14)13(15)5-3-10-2-4-11-12(8-10)17-9-16-11/h2-5,8H,6-7,9H2,1H3. The summed E-state index contributed by atoms with van der Waals surface area (Å²) in [5.74, 6) is 1.73. The van der Waals surface area contributed by atoms with E-state index in [1.165, 1.54) is 0 Å². The molecule has 0 bridgehead atoms. The molecule has 17 heavy (non-hydrogen) atoms. The van der Waals surface area contributed by atoms with Crippen molar-refractivity contribution >= 4 is 11.9 Å². The van der Waals surface area contributed by atoms with Crippen molar-refractivity contribution in [3.63, 3.8) is 0 Å². The van der Waals surface area contributed by atoms with Gasteiger partial charge in [0, 0.05) is 5.41 Å². The number of ether oxygens (including phenoxy) is 2. The van der Waals surface area contributed by atoms with Gasteiger partial charge >= 0.3 is 0 Å². The number of hydrogen-bond acceptors (Lipinski definition) is 3. The Morgan fingerprint density at radius 3 is 2.82 bits per heavy atom. The zero-order chi connectivity index (χ0) is 11.9. The van der Waals surface area contributed by atoms with Crippen molar-refractivity contribution < 1.29 is 14.3 Å². The van der Waals surface area contributed by atoms with Crippen molar-refractivity contribution in [1.82, 2.24) is 0 Å². The summed E-state index contributed by atoms with van der Waals surface area (Å²) in [6, 6.07) is 5.68. The highest BCUT2D eigenvalue weighted by Gasteiger charge is 2.42. The maximum Gasteiger partial charge on any atom is 0.231 e. The topological polar surface area (TPSA) is 35.5 Å². The maximum atomic E-state index is 11.8. The van der Waals surface area contributed by atoms with Crippen LogP contribution >= 0.6 is 0 Å². The summed E-state index contributed by atoms with van der Waals surface area (Å²) < 4.78 is 10.5. The van der Waals surface area contributed by atoms with Crippen molar-refractivity contribution in [1.29, 1.82) is 0 Å². The van der Waals surface area contributed by atoms with Crippen molar-refractivity contribution in [2.24, 2.45) is 5.41 Å². The summed E-state index contributed by atoms with van der Waals surface area (Å²) in [4.78, 5) is 11.8. The minimum Gasteiger partial charge on any atom is -0.454 e. The summed E-state index contributed by atoms with van der Waals surface area (Å²) in [5, 5.41) is 0. The summed E-state index contributed by atoms with van der Waals surface area (Å²) in [7, 11) is 0. The molecule has 0 amide bonds. The second kappa shape index (κ2) is 3.62. The van der Waals surface area contributed by atoms with E-state index in [4.69, 9.17) is 9.47 Å². The van der Waals surface area contributed by atoms with Crippen molar-refractivity contribution in [3.8, 4) is 11.5 Å². The summed E-state index contributed by atoms with van der Waals surface area (Å²) in [6.45, 7) is 2.29. The van der Waals surface area contributed by atoms with E-state index in [-0.39, 0.29) is 18.0 Å². The number of fused-ring (bicyclic) bond motifs is 1. The smallest absolute Gasteiger partial charge is 0.231 e. The van der Waals surface area contributed by atoms with Crippen LogP contribution in [0.15, 0.2) is 24.3 Å². The number of benzene rings is 1. The fourth-order valence-electron chi connectivity index (χ4n) is 1.82. The third-order valence-corrected chi connectivity index (χ3v) is 3.42. The van der Waals surface area contributed by atoms with Crippen LogP contribution in [-0.4, -0.2) is 12.6 Å². The quantitative estimate of drug-likeness (QED) is 0.749. The van der Waals surface area contributed by atoms with E-state index in [9.17, 15) is 4.79 Å². The summed E-state index contributed by atoms with van der Waals surface area (Å²) in [6.07, 6.45) is 5.53. The Bertz CT molecular complexity index is 498. The minimum atomic E-state index is -0.0904. The van der Waals surface area contributed by atoms with Gasteiger partial charge in [-0.15, -0.1) is 0 Å². The molecule has 2 aliphatic rings. The van der Waals surface area contributed by atoms with E-state index in [1.54, 1.807) is 6.08 Å². The molecule has 0 N–H and O–H groups in total. The zero-order valence-corrected chi connectivity index (χ0v) is 9.73. The summed E-state index contributed by atoms with van der Waals surface area (Å²) in [5.41, 5.74) is 0.874. The van der Waals surface area contributed by atoms with E-state index >= 15 is 0 Å². The normalized spacial score (nSPS) is 19.6. The molecule has 0 aromatic heterocycles. The van der Waals surface area contributed by atoms with Gasteiger partial charge in [0.15, 0.2) is 17.3 Å². The van der Waals surface area contributed by atoms with Crippen LogP contribution in [-0.2, 0) is 4.79 Å². The van der Waals surface area contributed by atoms with E-state index < -0.39 is 0 Å². The first-order valence-electron chi connectivity index (χ1n) is 5.80. The third kappa shape index (κ3) is 1.93. The van der Waals surface area contributed by atoms with Crippen LogP contribution in [0.1, 0.15) is 25.3 Å². The molecule has 1 aliphatic heterocycles. The van der Waals surface area contributed by atoms with E-state index in [0.717, 1.165) is 29.9 Å². The lowest BCUT2D eigenvalue weighted by atomic mass is 10.0. The lowest BCUT2D eigenvalue weighted by molar-refractivity contribution is -0.118. The molecule has 0 unspecified atom stereocenters. The van der Waals surface area contributed by atoms with Gasteiger partial charge in [-0.05, 0) is 36.6 Å². The van der Waals surface area contributed by atoms with Crippen molar-refractivity contribution in [2.75, 3.05) is 6.79 Å².